The fourth-order valence-electron chi connectivity index (χ4n) is 2.85. The minimum absolute atomic E-state index is 0.0791. The van der Waals surface area contributed by atoms with Crippen molar-refractivity contribution in [3.8, 4) is 0 Å². The summed E-state index contributed by atoms with van der Waals surface area (Å²) in [6, 6.07) is 22.0. The number of hydrogen-bond acceptors (Lipinski definition) is 4. The van der Waals surface area contributed by atoms with Gasteiger partial charge in [-0.25, -0.2) is 9.29 Å². The second-order valence-electron chi connectivity index (χ2n) is 6.15. The Kier molecular flexibility index (Phi) is 5.38. The highest BCUT2D eigenvalue weighted by Gasteiger charge is 2.40. The molecule has 4 nitrogen and oxygen atoms in total. The molecule has 0 radical (unpaired) electrons. The predicted molar refractivity (Wildman–Crippen MR) is 113 cm³/mol. The first-order chi connectivity index (χ1) is 14.0. The highest BCUT2D eigenvalue weighted by Crippen LogP contribution is 2.38. The Bertz CT molecular complexity index is 1120. The molecule has 144 valence electrons. The molecule has 0 aliphatic carbocycles. The van der Waals surface area contributed by atoms with E-state index >= 15 is 0 Å². The standard InChI is InChI=1S/C22H14ClFN2O2S/c23-17-13-14(11-12-18(17)24)25-19-20(29-16-9-5-2-6-10-16)22(28)26(21(19)27)15-7-3-1-4-8-15/h1-13,25H. The number of imide groups is 1. The quantitative estimate of drug-likeness (QED) is 0.552. The molecule has 3 aromatic carbocycles. The van der Waals surface area contributed by atoms with Crippen LogP contribution in [0.5, 0.6) is 0 Å². The molecule has 0 saturated carbocycles. The average Bonchev–Trinajstić information content (AvgIpc) is 2.96. The van der Waals surface area contributed by atoms with Gasteiger partial charge in [-0.1, -0.05) is 59.8 Å². The average molecular weight is 425 g/mol. The van der Waals surface area contributed by atoms with Gasteiger partial charge in [0.2, 0.25) is 0 Å². The largest absolute Gasteiger partial charge is 0.350 e. The number of amides is 2. The number of hydrogen-bond donors (Lipinski definition) is 1. The van der Waals surface area contributed by atoms with E-state index in [1.807, 2.05) is 30.3 Å². The summed E-state index contributed by atoms with van der Waals surface area (Å²) in [6.07, 6.45) is 0. The van der Waals surface area contributed by atoms with Crippen LogP contribution >= 0.6 is 23.4 Å². The first-order valence-corrected chi connectivity index (χ1v) is 9.87. The lowest BCUT2D eigenvalue weighted by Crippen LogP contribution is -2.32. The summed E-state index contributed by atoms with van der Waals surface area (Å²) < 4.78 is 13.5. The lowest BCUT2D eigenvalue weighted by atomic mass is 10.3. The van der Waals surface area contributed by atoms with Crippen LogP contribution in [0.15, 0.2) is 94.4 Å². The highest BCUT2D eigenvalue weighted by molar-refractivity contribution is 8.04. The molecule has 0 spiro atoms. The summed E-state index contributed by atoms with van der Waals surface area (Å²) in [5.74, 6) is -1.48. The minimum atomic E-state index is -0.565. The molecule has 0 fully saturated rings. The number of nitrogens with one attached hydrogen (secondary N) is 1. The molecule has 1 N–H and O–H groups in total. The lowest BCUT2D eigenvalue weighted by Gasteiger charge is -2.15. The number of carbonyl (C=O) groups is 2. The van der Waals surface area contributed by atoms with Gasteiger partial charge in [0.15, 0.2) is 0 Å². The van der Waals surface area contributed by atoms with Gasteiger partial charge in [-0.2, -0.15) is 0 Å². The van der Waals surface area contributed by atoms with Crippen LogP contribution in [-0.4, -0.2) is 11.8 Å². The lowest BCUT2D eigenvalue weighted by molar-refractivity contribution is -0.120. The van der Waals surface area contributed by atoms with Crippen molar-refractivity contribution in [1.82, 2.24) is 0 Å². The molecule has 0 atom stereocenters. The van der Waals surface area contributed by atoms with Crippen LogP contribution in [-0.2, 0) is 9.59 Å². The summed E-state index contributed by atoms with van der Waals surface area (Å²) in [7, 11) is 0. The summed E-state index contributed by atoms with van der Waals surface area (Å²) in [5.41, 5.74) is 1.01. The van der Waals surface area contributed by atoms with Crippen LogP contribution in [0.4, 0.5) is 15.8 Å². The Morgan fingerprint density at radius 3 is 2.17 bits per heavy atom. The fraction of sp³-hybridized carbons (Fsp3) is 0. The number of halogens is 2. The SMILES string of the molecule is O=C1C(Nc2ccc(F)c(Cl)c2)=C(Sc2ccccc2)C(=O)N1c1ccccc1. The zero-order chi connectivity index (χ0) is 20.4. The van der Waals surface area contributed by atoms with E-state index in [9.17, 15) is 14.0 Å². The van der Waals surface area contributed by atoms with Crippen molar-refractivity contribution in [2.75, 3.05) is 10.2 Å². The summed E-state index contributed by atoms with van der Waals surface area (Å²) in [6.45, 7) is 0. The van der Waals surface area contributed by atoms with Gasteiger partial charge in [0, 0.05) is 10.6 Å². The Hall–Kier alpha value is -3.09. The van der Waals surface area contributed by atoms with Gasteiger partial charge in [-0.3, -0.25) is 9.59 Å². The van der Waals surface area contributed by atoms with Crippen molar-refractivity contribution in [1.29, 1.82) is 0 Å². The maximum atomic E-state index is 13.5. The first-order valence-electron chi connectivity index (χ1n) is 8.67. The molecule has 0 aromatic heterocycles. The Morgan fingerprint density at radius 2 is 1.52 bits per heavy atom. The molecule has 1 aliphatic heterocycles. The van der Waals surface area contributed by atoms with E-state index in [4.69, 9.17) is 11.6 Å². The molecule has 4 rings (SSSR count). The number of anilines is 2. The van der Waals surface area contributed by atoms with Gasteiger partial charge < -0.3 is 5.32 Å². The molecule has 0 bridgehead atoms. The van der Waals surface area contributed by atoms with Crippen molar-refractivity contribution < 1.29 is 14.0 Å². The molecule has 1 aliphatic rings. The van der Waals surface area contributed by atoms with E-state index in [2.05, 4.69) is 5.32 Å². The van der Waals surface area contributed by atoms with E-state index in [-0.39, 0.29) is 15.6 Å². The molecular formula is C22H14ClFN2O2S. The number of nitrogens with zero attached hydrogens (tertiary/aromatic N) is 1. The van der Waals surface area contributed by atoms with Crippen molar-refractivity contribution in [2.45, 2.75) is 4.90 Å². The van der Waals surface area contributed by atoms with Crippen molar-refractivity contribution in [2.24, 2.45) is 0 Å². The van der Waals surface area contributed by atoms with Crippen LogP contribution < -0.4 is 10.2 Å². The summed E-state index contributed by atoms with van der Waals surface area (Å²) in [5, 5.41) is 2.88. The van der Waals surface area contributed by atoms with Crippen molar-refractivity contribution in [3.63, 3.8) is 0 Å². The van der Waals surface area contributed by atoms with E-state index in [0.717, 1.165) is 9.80 Å². The Labute approximate surface area is 176 Å². The molecule has 3 aromatic rings. The van der Waals surface area contributed by atoms with Crippen molar-refractivity contribution >= 4 is 46.6 Å². The van der Waals surface area contributed by atoms with Crippen LogP contribution in [0.3, 0.4) is 0 Å². The van der Waals surface area contributed by atoms with Crippen LogP contribution in [0.2, 0.25) is 5.02 Å². The topological polar surface area (TPSA) is 49.4 Å². The van der Waals surface area contributed by atoms with Gasteiger partial charge >= 0.3 is 0 Å². The Balaban J connectivity index is 1.75. The summed E-state index contributed by atoms with van der Waals surface area (Å²) >= 11 is 7.05. The van der Waals surface area contributed by atoms with Crippen LogP contribution in [0.1, 0.15) is 0 Å². The first kappa shape index (κ1) is 19.2. The fourth-order valence-corrected chi connectivity index (χ4v) is 3.98. The van der Waals surface area contributed by atoms with Gasteiger partial charge in [-0.05, 0) is 42.5 Å². The number of rotatable bonds is 5. The number of thioether (sulfide) groups is 1. The highest BCUT2D eigenvalue weighted by atomic mass is 35.5. The van der Waals surface area contributed by atoms with Crippen LogP contribution in [0.25, 0.3) is 0 Å². The summed E-state index contributed by atoms with van der Waals surface area (Å²) in [4.78, 5) is 28.5. The van der Waals surface area contributed by atoms with E-state index in [1.165, 1.54) is 30.0 Å². The second-order valence-corrected chi connectivity index (χ2v) is 7.65. The third-order valence-electron chi connectivity index (χ3n) is 4.21. The maximum Gasteiger partial charge on any atom is 0.283 e. The Morgan fingerprint density at radius 1 is 0.862 bits per heavy atom. The number of para-hydroxylation sites is 1. The monoisotopic (exact) mass is 424 g/mol. The number of carbonyl (C=O) groups excluding carboxylic acids is 2. The maximum absolute atomic E-state index is 13.5. The van der Waals surface area contributed by atoms with E-state index in [0.29, 0.717) is 11.4 Å². The second kappa shape index (κ2) is 8.11. The minimum Gasteiger partial charge on any atom is -0.350 e. The molecule has 0 saturated heterocycles. The molecule has 2 amide bonds. The van der Waals surface area contributed by atoms with Gasteiger partial charge in [0.05, 0.1) is 10.7 Å². The molecule has 1 heterocycles. The molecule has 7 heteroatoms. The van der Waals surface area contributed by atoms with Gasteiger partial charge in [0.1, 0.15) is 16.4 Å². The van der Waals surface area contributed by atoms with E-state index in [1.54, 1.807) is 30.3 Å². The number of benzene rings is 3. The smallest absolute Gasteiger partial charge is 0.283 e. The molecular weight excluding hydrogens is 411 g/mol. The zero-order valence-corrected chi connectivity index (χ0v) is 16.5. The predicted octanol–water partition coefficient (Wildman–Crippen LogP) is 5.47. The van der Waals surface area contributed by atoms with Crippen LogP contribution in [0, 0.1) is 5.82 Å². The third kappa shape index (κ3) is 3.90. The molecule has 29 heavy (non-hydrogen) atoms. The van der Waals surface area contributed by atoms with Gasteiger partial charge in [0.25, 0.3) is 11.8 Å². The van der Waals surface area contributed by atoms with Crippen molar-refractivity contribution in [3.05, 3.63) is 100 Å². The normalized spacial score (nSPS) is 13.9. The molecule has 0 unspecified atom stereocenters. The zero-order valence-electron chi connectivity index (χ0n) is 14.9. The van der Waals surface area contributed by atoms with Gasteiger partial charge in [-0.15, -0.1) is 0 Å². The van der Waals surface area contributed by atoms with E-state index < -0.39 is 17.6 Å². The third-order valence-corrected chi connectivity index (χ3v) is 5.59.